The van der Waals surface area contributed by atoms with Crippen LogP contribution in [0.1, 0.15) is 18.4 Å². The van der Waals surface area contributed by atoms with E-state index in [0.29, 0.717) is 30.8 Å². The molecule has 1 aliphatic rings. The molecule has 0 unspecified atom stereocenters. The van der Waals surface area contributed by atoms with Crippen LogP contribution in [-0.4, -0.2) is 30.8 Å². The van der Waals surface area contributed by atoms with Gasteiger partial charge in [0.2, 0.25) is 0 Å². The third kappa shape index (κ3) is 4.89. The Bertz CT molecular complexity index is 490. The van der Waals surface area contributed by atoms with E-state index in [1.54, 1.807) is 12.1 Å². The van der Waals surface area contributed by atoms with Crippen molar-refractivity contribution in [1.29, 1.82) is 0 Å². The minimum absolute atomic E-state index is 0.0223. The first-order chi connectivity index (χ1) is 9.84. The van der Waals surface area contributed by atoms with E-state index in [1.165, 1.54) is 0 Å². The molecule has 21 heavy (non-hydrogen) atoms. The van der Waals surface area contributed by atoms with Crippen LogP contribution in [0.2, 0.25) is 5.02 Å². The number of benzene rings is 1. The van der Waals surface area contributed by atoms with Crippen molar-refractivity contribution < 1.29 is 22.7 Å². The van der Waals surface area contributed by atoms with Gasteiger partial charge in [-0.15, -0.1) is 0 Å². The molecule has 0 amide bonds. The molecule has 1 N–H and O–H groups in total. The van der Waals surface area contributed by atoms with Crippen LogP contribution in [0.15, 0.2) is 24.3 Å². The number of esters is 1. The molecule has 0 aromatic heterocycles. The van der Waals surface area contributed by atoms with E-state index in [4.69, 9.17) is 11.6 Å². The SMILES string of the molecule is O=C(O[C@H]1CCN[C@@H](Cc2ccc(Cl)cc2)C1)C(F)(F)F. The van der Waals surface area contributed by atoms with E-state index in [-0.39, 0.29) is 6.04 Å². The van der Waals surface area contributed by atoms with Crippen LogP contribution >= 0.6 is 11.6 Å². The molecule has 3 nitrogen and oxygen atoms in total. The molecule has 1 fully saturated rings. The van der Waals surface area contributed by atoms with Gasteiger partial charge in [-0.3, -0.25) is 0 Å². The van der Waals surface area contributed by atoms with E-state index in [0.717, 1.165) is 5.56 Å². The Labute approximate surface area is 125 Å². The van der Waals surface area contributed by atoms with Crippen LogP contribution in [0.3, 0.4) is 0 Å². The highest BCUT2D eigenvalue weighted by molar-refractivity contribution is 6.30. The van der Waals surface area contributed by atoms with Crippen LogP contribution in [0.5, 0.6) is 0 Å². The molecule has 1 aromatic carbocycles. The minimum atomic E-state index is -4.93. The summed E-state index contributed by atoms with van der Waals surface area (Å²) in [5.41, 5.74) is 1.03. The molecule has 2 atom stereocenters. The zero-order valence-electron chi connectivity index (χ0n) is 11.1. The normalized spacial score (nSPS) is 22.9. The topological polar surface area (TPSA) is 38.3 Å². The number of ether oxygens (including phenoxy) is 1. The van der Waals surface area contributed by atoms with Gasteiger partial charge in [0, 0.05) is 17.5 Å². The van der Waals surface area contributed by atoms with E-state index >= 15 is 0 Å². The maximum atomic E-state index is 12.2. The number of piperidine rings is 1. The fourth-order valence-corrected chi connectivity index (χ4v) is 2.48. The number of rotatable bonds is 3. The van der Waals surface area contributed by atoms with E-state index in [9.17, 15) is 18.0 Å². The predicted molar refractivity (Wildman–Crippen MR) is 72.1 cm³/mol. The summed E-state index contributed by atoms with van der Waals surface area (Å²) in [4.78, 5) is 10.9. The molecule has 1 saturated heterocycles. The highest BCUT2D eigenvalue weighted by Gasteiger charge is 2.42. The number of nitrogens with one attached hydrogen (secondary N) is 1. The lowest BCUT2D eigenvalue weighted by molar-refractivity contribution is -0.206. The van der Waals surface area contributed by atoms with Gasteiger partial charge in [0.15, 0.2) is 0 Å². The highest BCUT2D eigenvalue weighted by Crippen LogP contribution is 2.22. The molecule has 0 aliphatic carbocycles. The van der Waals surface area contributed by atoms with Crippen molar-refractivity contribution in [1.82, 2.24) is 5.32 Å². The van der Waals surface area contributed by atoms with Crippen LogP contribution in [0.4, 0.5) is 13.2 Å². The summed E-state index contributed by atoms with van der Waals surface area (Å²) in [7, 11) is 0. The molecule has 1 heterocycles. The van der Waals surface area contributed by atoms with Crippen LogP contribution in [-0.2, 0) is 16.0 Å². The minimum Gasteiger partial charge on any atom is -0.456 e. The second-order valence-corrected chi connectivity index (χ2v) is 5.47. The fourth-order valence-electron chi connectivity index (χ4n) is 2.35. The fraction of sp³-hybridized carbons (Fsp3) is 0.500. The largest absolute Gasteiger partial charge is 0.490 e. The van der Waals surface area contributed by atoms with Crippen molar-refractivity contribution in [2.24, 2.45) is 0 Å². The van der Waals surface area contributed by atoms with Gasteiger partial charge in [0.05, 0.1) is 0 Å². The number of halogens is 4. The average Bonchev–Trinajstić information content (AvgIpc) is 2.41. The molecular weight excluding hydrogens is 307 g/mol. The molecule has 0 bridgehead atoms. The summed E-state index contributed by atoms with van der Waals surface area (Å²) in [6, 6.07) is 7.25. The van der Waals surface area contributed by atoms with E-state index in [1.807, 2.05) is 12.1 Å². The summed E-state index contributed by atoms with van der Waals surface area (Å²) in [6.07, 6.45) is -4.23. The molecule has 0 saturated carbocycles. The smallest absolute Gasteiger partial charge is 0.456 e. The van der Waals surface area contributed by atoms with Crippen molar-refractivity contribution in [2.45, 2.75) is 37.6 Å². The number of carbonyl (C=O) groups excluding carboxylic acids is 1. The quantitative estimate of drug-likeness (QED) is 0.869. The molecule has 0 radical (unpaired) electrons. The molecule has 1 aliphatic heterocycles. The number of hydrogen-bond donors (Lipinski definition) is 1. The molecule has 0 spiro atoms. The molecule has 2 rings (SSSR count). The maximum absolute atomic E-state index is 12.2. The summed E-state index contributed by atoms with van der Waals surface area (Å²) >= 11 is 5.80. The van der Waals surface area contributed by atoms with Gasteiger partial charge in [-0.1, -0.05) is 23.7 Å². The molecule has 7 heteroatoms. The second-order valence-electron chi connectivity index (χ2n) is 5.03. The Kier molecular flexibility index (Phi) is 5.11. The second kappa shape index (κ2) is 6.66. The van der Waals surface area contributed by atoms with Gasteiger partial charge in [-0.2, -0.15) is 13.2 Å². The van der Waals surface area contributed by atoms with Gasteiger partial charge in [0.25, 0.3) is 0 Å². The number of alkyl halides is 3. The van der Waals surface area contributed by atoms with Gasteiger partial charge in [-0.05, 0) is 37.1 Å². The van der Waals surface area contributed by atoms with Crippen molar-refractivity contribution in [3.63, 3.8) is 0 Å². The Hall–Kier alpha value is -1.27. The van der Waals surface area contributed by atoms with Crippen LogP contribution in [0.25, 0.3) is 0 Å². The standard InChI is InChI=1S/C14H15ClF3NO2/c15-10-3-1-9(2-4-10)7-11-8-12(5-6-19-11)21-13(20)14(16,17)18/h1-4,11-12,19H,5-8H2/t11-,12-/m0/s1. The first-order valence-corrected chi connectivity index (χ1v) is 6.98. The Morgan fingerprint density at radius 3 is 2.62 bits per heavy atom. The van der Waals surface area contributed by atoms with Gasteiger partial charge in [-0.25, -0.2) is 4.79 Å². The summed E-state index contributed by atoms with van der Waals surface area (Å²) < 4.78 is 41.1. The van der Waals surface area contributed by atoms with Gasteiger partial charge in [0.1, 0.15) is 6.10 Å². The lowest BCUT2D eigenvalue weighted by Gasteiger charge is -2.30. The average molecular weight is 322 g/mol. The Morgan fingerprint density at radius 2 is 2.00 bits per heavy atom. The molecular formula is C14H15ClF3NO2. The van der Waals surface area contributed by atoms with Gasteiger partial charge < -0.3 is 10.1 Å². The van der Waals surface area contributed by atoms with Crippen LogP contribution in [0, 0.1) is 0 Å². The van der Waals surface area contributed by atoms with E-state index < -0.39 is 18.2 Å². The monoisotopic (exact) mass is 321 g/mol. The molecule has 116 valence electrons. The maximum Gasteiger partial charge on any atom is 0.490 e. The summed E-state index contributed by atoms with van der Waals surface area (Å²) in [6.45, 7) is 0.522. The van der Waals surface area contributed by atoms with Crippen molar-refractivity contribution >= 4 is 17.6 Å². The summed E-state index contributed by atoms with van der Waals surface area (Å²) in [5.74, 6) is -2.11. The third-order valence-corrected chi connectivity index (χ3v) is 3.60. The van der Waals surface area contributed by atoms with E-state index in [2.05, 4.69) is 10.1 Å². The Balaban J connectivity index is 1.89. The van der Waals surface area contributed by atoms with Gasteiger partial charge >= 0.3 is 12.1 Å². The Morgan fingerprint density at radius 1 is 1.33 bits per heavy atom. The molecule has 1 aromatic rings. The third-order valence-electron chi connectivity index (χ3n) is 3.35. The zero-order valence-corrected chi connectivity index (χ0v) is 11.9. The van der Waals surface area contributed by atoms with Crippen molar-refractivity contribution in [3.05, 3.63) is 34.9 Å². The number of hydrogen-bond acceptors (Lipinski definition) is 3. The first-order valence-electron chi connectivity index (χ1n) is 6.60. The number of carbonyl (C=O) groups is 1. The highest BCUT2D eigenvalue weighted by atomic mass is 35.5. The lowest BCUT2D eigenvalue weighted by Crippen LogP contribution is -2.44. The first kappa shape index (κ1) is 16.1. The zero-order chi connectivity index (χ0) is 15.5. The predicted octanol–water partition coefficient (Wildman–Crippen LogP) is 3.11. The van der Waals surface area contributed by atoms with Crippen molar-refractivity contribution in [2.75, 3.05) is 6.54 Å². The van der Waals surface area contributed by atoms with Crippen LogP contribution < -0.4 is 5.32 Å². The van der Waals surface area contributed by atoms with Crippen molar-refractivity contribution in [3.8, 4) is 0 Å². The lowest BCUT2D eigenvalue weighted by atomic mass is 9.96. The summed E-state index contributed by atoms with van der Waals surface area (Å²) in [5, 5.41) is 3.85.